The molecule has 6 N–H and O–H groups in total. The summed E-state index contributed by atoms with van der Waals surface area (Å²) in [7, 11) is -3.68. The van der Waals surface area contributed by atoms with E-state index in [2.05, 4.69) is 9.71 Å². The molecule has 0 saturated heterocycles. The van der Waals surface area contributed by atoms with Crippen molar-refractivity contribution in [2.45, 2.75) is 11.5 Å². The van der Waals surface area contributed by atoms with Crippen molar-refractivity contribution in [3.05, 3.63) is 81.5 Å². The summed E-state index contributed by atoms with van der Waals surface area (Å²) >= 11 is 1.20. The number of nitrogens with zero attached hydrogens (tertiary/aromatic N) is 2. The number of amidine groups is 1. The second-order valence-electron chi connectivity index (χ2n) is 7.05. The second-order valence-corrected chi connectivity index (χ2v) is 9.63. The number of fused-ring (bicyclic) bond motifs is 2. The molecule has 0 spiro atoms. The third-order valence-corrected chi connectivity index (χ3v) is 7.27. The van der Waals surface area contributed by atoms with Crippen LogP contribution in [0.1, 0.15) is 11.1 Å². The highest BCUT2D eigenvalue weighted by Gasteiger charge is 2.31. The number of benzene rings is 2. The van der Waals surface area contributed by atoms with Crippen LogP contribution in [0.15, 0.2) is 74.1 Å². The van der Waals surface area contributed by atoms with Crippen molar-refractivity contribution in [2.24, 2.45) is 4.40 Å². The molecule has 0 amide bonds. The minimum absolute atomic E-state index is 0.122. The number of hydrogen-bond donors (Lipinski definition) is 5. The van der Waals surface area contributed by atoms with Crippen LogP contribution in [0.4, 0.5) is 5.69 Å². The third-order valence-electron chi connectivity index (χ3n) is 4.99. The lowest BCUT2D eigenvalue weighted by Crippen LogP contribution is -2.35. The molecule has 4 aromatic rings. The summed E-state index contributed by atoms with van der Waals surface area (Å²) < 4.78 is 32.5. The van der Waals surface area contributed by atoms with Crippen molar-refractivity contribution in [1.82, 2.24) is 4.68 Å². The maximum Gasteiger partial charge on any atom is 0.284 e. The van der Waals surface area contributed by atoms with E-state index in [-0.39, 0.29) is 22.0 Å². The normalized spacial score (nSPS) is 15.5. The average Bonchev–Trinajstić information content (AvgIpc) is 3.27. The van der Waals surface area contributed by atoms with E-state index in [0.717, 1.165) is 10.2 Å². The molecule has 0 saturated carbocycles. The van der Waals surface area contributed by atoms with E-state index < -0.39 is 16.3 Å². The summed E-state index contributed by atoms with van der Waals surface area (Å²) in [5.41, 5.74) is 0.701. The molecule has 2 aromatic heterocycles. The molecule has 9 nitrogen and oxygen atoms in total. The predicted molar refractivity (Wildman–Crippen MR) is 126 cm³/mol. The van der Waals surface area contributed by atoms with E-state index in [1.807, 2.05) is 30.3 Å². The number of aromatic hydroxyl groups is 1. The van der Waals surface area contributed by atoms with Crippen LogP contribution in [0.25, 0.3) is 10.2 Å². The van der Waals surface area contributed by atoms with Gasteiger partial charge in [0.1, 0.15) is 22.8 Å². The fraction of sp³-hybridized carbons (Fsp3) is 0.0476. The minimum Gasteiger partial charge on any atom is -0.505 e. The zero-order valence-corrected chi connectivity index (χ0v) is 18.1. The average molecular weight is 471 g/mol. The van der Waals surface area contributed by atoms with Gasteiger partial charge < -0.3 is 21.0 Å². The van der Waals surface area contributed by atoms with E-state index in [4.69, 9.17) is 10.6 Å². The summed E-state index contributed by atoms with van der Waals surface area (Å²) in [5, 5.41) is 15.3. The number of pyridine rings is 1. The molecule has 0 unspecified atom stereocenters. The van der Waals surface area contributed by atoms with Crippen LogP contribution >= 0.6 is 22.1 Å². The van der Waals surface area contributed by atoms with Crippen LogP contribution in [0.2, 0.25) is 0 Å². The minimum atomic E-state index is -3.68. The number of aromatic nitrogens is 1. The van der Waals surface area contributed by atoms with E-state index >= 15 is 0 Å². The first-order chi connectivity index (χ1) is 15.3. The maximum atomic E-state index is 12.8. The van der Waals surface area contributed by atoms with Gasteiger partial charge in [-0.2, -0.15) is 0 Å². The lowest BCUT2D eigenvalue weighted by Gasteiger charge is -2.34. The van der Waals surface area contributed by atoms with E-state index in [0.29, 0.717) is 28.3 Å². The Morgan fingerprint density at radius 3 is 2.72 bits per heavy atom. The van der Waals surface area contributed by atoms with Gasteiger partial charge in [0, 0.05) is 6.07 Å². The van der Waals surface area contributed by atoms with Crippen LogP contribution in [-0.2, 0) is 6.61 Å². The van der Waals surface area contributed by atoms with Gasteiger partial charge in [0.25, 0.3) is 5.56 Å². The molecule has 1 aliphatic rings. The molecule has 32 heavy (non-hydrogen) atoms. The largest absolute Gasteiger partial charge is 0.505 e. The van der Waals surface area contributed by atoms with Crippen LogP contribution < -0.4 is 21.5 Å². The molecular weight excluding hydrogens is 452 g/mol. The number of ether oxygens (including phenoxy) is 1. The Labute approximate surface area is 187 Å². The lowest BCUT2D eigenvalue weighted by atomic mass is 10.2. The Hall–Kier alpha value is -3.51. The molecule has 0 bridgehead atoms. The summed E-state index contributed by atoms with van der Waals surface area (Å²) in [4.78, 5) is 12.9. The molecule has 0 radical (unpaired) electrons. The molecule has 5 rings (SSSR count). The van der Waals surface area contributed by atoms with Crippen molar-refractivity contribution < 1.29 is 18.9 Å². The van der Waals surface area contributed by atoms with Gasteiger partial charge in [0.15, 0.2) is 11.6 Å². The predicted octanol–water partition coefficient (Wildman–Crippen LogP) is 3.96. The molecule has 0 aliphatic carbocycles. The monoisotopic (exact) mass is 470 g/mol. The van der Waals surface area contributed by atoms with Gasteiger partial charge in [-0.25, -0.2) is 4.68 Å². The Morgan fingerprint density at radius 2 is 1.94 bits per heavy atom. The standard InChI is InChI=1S/C21H18N4O5S2/c22-25-15-8-9-31-19(15)18(26)17(21(25)27)20-23-14-7-6-13(10-16(14)32(28,29)24-20)30-11-12-4-2-1-3-5-12/h1-10,26,28-29H,11,22H2,(H,23,24). The van der Waals surface area contributed by atoms with Crippen LogP contribution in [0, 0.1) is 0 Å². The topological polar surface area (TPSA) is 142 Å². The Balaban J connectivity index is 1.52. The second kappa shape index (κ2) is 7.57. The maximum absolute atomic E-state index is 12.8. The Bertz CT molecular complexity index is 1430. The molecule has 164 valence electrons. The van der Waals surface area contributed by atoms with Crippen LogP contribution in [-0.4, -0.2) is 24.7 Å². The molecular formula is C21H18N4O5S2. The Morgan fingerprint density at radius 1 is 1.16 bits per heavy atom. The van der Waals surface area contributed by atoms with Gasteiger partial charge in [0.05, 0.1) is 15.9 Å². The fourth-order valence-corrected chi connectivity index (χ4v) is 5.44. The van der Waals surface area contributed by atoms with Crippen molar-refractivity contribution in [1.29, 1.82) is 0 Å². The highest BCUT2D eigenvalue weighted by molar-refractivity contribution is 8.23. The summed E-state index contributed by atoms with van der Waals surface area (Å²) in [6.45, 7) is 0.311. The van der Waals surface area contributed by atoms with E-state index in [1.54, 1.807) is 23.6 Å². The quantitative estimate of drug-likeness (QED) is 0.284. The number of nitrogen functional groups attached to an aromatic ring is 1. The molecule has 0 atom stereocenters. The third kappa shape index (κ3) is 3.37. The molecule has 0 fully saturated rings. The van der Waals surface area contributed by atoms with E-state index in [1.165, 1.54) is 17.4 Å². The van der Waals surface area contributed by atoms with Gasteiger partial charge in [0.2, 0.25) is 0 Å². The van der Waals surface area contributed by atoms with Crippen LogP contribution in [0.5, 0.6) is 11.5 Å². The smallest absolute Gasteiger partial charge is 0.284 e. The van der Waals surface area contributed by atoms with Crippen molar-refractivity contribution in [2.75, 3.05) is 11.2 Å². The zero-order chi connectivity index (χ0) is 22.5. The first-order valence-corrected chi connectivity index (χ1v) is 11.8. The van der Waals surface area contributed by atoms with Crippen LogP contribution in [0.3, 0.4) is 0 Å². The summed E-state index contributed by atoms with van der Waals surface area (Å²) in [5.74, 6) is 5.82. The van der Waals surface area contributed by atoms with Gasteiger partial charge >= 0.3 is 0 Å². The number of hydrogen-bond acceptors (Lipinski definition) is 9. The number of thiophene rings is 1. The van der Waals surface area contributed by atoms with Gasteiger partial charge in [-0.15, -0.1) is 15.7 Å². The van der Waals surface area contributed by atoms with Gasteiger partial charge in [-0.3, -0.25) is 13.9 Å². The molecule has 1 aliphatic heterocycles. The number of nitrogens with two attached hydrogens (primary N) is 1. The number of nitrogens with one attached hydrogen (secondary N) is 1. The van der Waals surface area contributed by atoms with Crippen molar-refractivity contribution in [3.63, 3.8) is 0 Å². The zero-order valence-electron chi connectivity index (χ0n) is 16.4. The molecule has 2 aromatic carbocycles. The van der Waals surface area contributed by atoms with Gasteiger partial charge in [-0.05, 0) is 29.1 Å². The highest BCUT2D eigenvalue weighted by atomic mass is 32.3. The van der Waals surface area contributed by atoms with Crippen molar-refractivity contribution in [3.8, 4) is 11.5 Å². The van der Waals surface area contributed by atoms with E-state index in [9.17, 15) is 19.0 Å². The fourth-order valence-electron chi connectivity index (χ4n) is 3.43. The van der Waals surface area contributed by atoms with Crippen molar-refractivity contribution >= 4 is 43.9 Å². The first-order valence-electron chi connectivity index (χ1n) is 9.42. The summed E-state index contributed by atoms with van der Waals surface area (Å²) in [6.07, 6.45) is 0. The molecule has 11 heteroatoms. The SMILES string of the molecule is Nn1c(=O)c(C2=NS(O)(O)c3cc(OCc4ccccc4)ccc3N2)c(O)c2sccc21. The number of anilines is 1. The summed E-state index contributed by atoms with van der Waals surface area (Å²) in [6, 6.07) is 15.9. The molecule has 3 heterocycles. The first kappa shape index (κ1) is 20.4. The Kier molecular flexibility index (Phi) is 4.82. The highest BCUT2D eigenvalue weighted by Crippen LogP contribution is 2.56. The lowest BCUT2D eigenvalue weighted by molar-refractivity contribution is 0.305. The van der Waals surface area contributed by atoms with Gasteiger partial charge in [-0.1, -0.05) is 41.1 Å². The number of rotatable bonds is 4.